The van der Waals surface area contributed by atoms with Gasteiger partial charge in [0.05, 0.1) is 22.2 Å². The summed E-state index contributed by atoms with van der Waals surface area (Å²) in [6.45, 7) is 4.22. The van der Waals surface area contributed by atoms with Gasteiger partial charge >= 0.3 is 0 Å². The van der Waals surface area contributed by atoms with Crippen LogP contribution in [0.25, 0.3) is 49.3 Å². The van der Waals surface area contributed by atoms with Gasteiger partial charge in [0.2, 0.25) is 0 Å². The highest BCUT2D eigenvalue weighted by molar-refractivity contribution is 7.99. The Kier molecular flexibility index (Phi) is 6.84. The molecule has 48 heavy (non-hydrogen) atoms. The molecular formula is C44H33N3S. The first-order valence-electron chi connectivity index (χ1n) is 16.3. The monoisotopic (exact) mass is 635 g/mol. The summed E-state index contributed by atoms with van der Waals surface area (Å²) in [6.07, 6.45) is 9.28. The molecule has 2 aliphatic rings. The van der Waals surface area contributed by atoms with Crippen LogP contribution in [0.3, 0.4) is 0 Å². The SMILES string of the molecule is C=C1/C=C\C=C/Cc2ccccc2N1c1ccccc1.Cn1c2ccccc2c2c3c4ccccc4n4c3c(cc21)Sc1ccccc1-4. The fourth-order valence-corrected chi connectivity index (χ4v) is 8.50. The first-order valence-corrected chi connectivity index (χ1v) is 17.2. The highest BCUT2D eigenvalue weighted by Gasteiger charge is 2.26. The molecule has 0 spiro atoms. The Balaban J connectivity index is 0.000000139. The van der Waals surface area contributed by atoms with Crippen LogP contribution >= 0.6 is 11.8 Å². The Morgan fingerprint density at radius 1 is 0.604 bits per heavy atom. The van der Waals surface area contributed by atoms with Gasteiger partial charge in [-0.25, -0.2) is 0 Å². The Morgan fingerprint density at radius 3 is 2.10 bits per heavy atom. The summed E-state index contributed by atoms with van der Waals surface area (Å²) in [6, 6.07) is 47.6. The van der Waals surface area contributed by atoms with E-state index in [1.54, 1.807) is 0 Å². The molecular weight excluding hydrogens is 603 g/mol. The minimum Gasteiger partial charge on any atom is -0.344 e. The minimum atomic E-state index is 0.928. The van der Waals surface area contributed by atoms with E-state index in [1.807, 2.05) is 30.0 Å². The lowest BCUT2D eigenvalue weighted by molar-refractivity contribution is 1.01. The van der Waals surface area contributed by atoms with Gasteiger partial charge < -0.3 is 14.0 Å². The van der Waals surface area contributed by atoms with Crippen LogP contribution in [0, 0.1) is 0 Å². The molecule has 10 rings (SSSR count). The van der Waals surface area contributed by atoms with E-state index in [2.05, 4.69) is 167 Å². The normalized spacial score (nSPS) is 14.9. The molecule has 0 amide bonds. The van der Waals surface area contributed by atoms with Gasteiger partial charge in [-0.2, -0.15) is 0 Å². The Hall–Kier alpha value is -5.71. The molecule has 2 aromatic heterocycles. The van der Waals surface area contributed by atoms with E-state index in [4.69, 9.17) is 0 Å². The van der Waals surface area contributed by atoms with Gasteiger partial charge in [0, 0.05) is 61.0 Å². The number of aromatic nitrogens is 2. The first kappa shape index (κ1) is 28.5. The van der Waals surface area contributed by atoms with E-state index in [1.165, 1.54) is 70.3 Å². The fourth-order valence-electron chi connectivity index (χ4n) is 7.39. The van der Waals surface area contributed by atoms with Gasteiger partial charge in [0.15, 0.2) is 0 Å². The maximum atomic E-state index is 4.22. The van der Waals surface area contributed by atoms with E-state index in [0.29, 0.717) is 0 Å². The van der Waals surface area contributed by atoms with Gasteiger partial charge in [0.1, 0.15) is 0 Å². The molecule has 6 aromatic carbocycles. The fraction of sp³-hybridized carbons (Fsp3) is 0.0455. The Bertz CT molecular complexity index is 2600. The second-order valence-corrected chi connectivity index (χ2v) is 13.4. The third-order valence-electron chi connectivity index (χ3n) is 9.51. The van der Waals surface area contributed by atoms with Crippen molar-refractivity contribution in [1.29, 1.82) is 0 Å². The number of fused-ring (bicyclic) bond motifs is 10. The van der Waals surface area contributed by atoms with Gasteiger partial charge in [-0.15, -0.1) is 0 Å². The minimum absolute atomic E-state index is 0.928. The molecule has 0 unspecified atom stereocenters. The third-order valence-corrected chi connectivity index (χ3v) is 10.6. The number of aryl methyl sites for hydroxylation is 1. The van der Waals surface area contributed by atoms with Crippen LogP contribution < -0.4 is 4.90 Å². The van der Waals surface area contributed by atoms with Crippen molar-refractivity contribution in [2.24, 2.45) is 7.05 Å². The number of benzene rings is 6. The largest absolute Gasteiger partial charge is 0.344 e. The lowest BCUT2D eigenvalue weighted by atomic mass is 10.1. The van der Waals surface area contributed by atoms with Crippen LogP contribution in [0.5, 0.6) is 0 Å². The van der Waals surface area contributed by atoms with Crippen LogP contribution in [0.2, 0.25) is 0 Å². The van der Waals surface area contributed by atoms with Gasteiger partial charge in [-0.1, -0.05) is 121 Å². The number of rotatable bonds is 1. The van der Waals surface area contributed by atoms with Crippen molar-refractivity contribution < 1.29 is 0 Å². The molecule has 0 radical (unpaired) electrons. The van der Waals surface area contributed by atoms with E-state index in [9.17, 15) is 0 Å². The zero-order valence-electron chi connectivity index (χ0n) is 26.7. The van der Waals surface area contributed by atoms with E-state index in [0.717, 1.165) is 17.8 Å². The summed E-state index contributed by atoms with van der Waals surface area (Å²) in [5, 5.41) is 5.41. The van der Waals surface area contributed by atoms with E-state index < -0.39 is 0 Å². The zero-order chi connectivity index (χ0) is 32.2. The molecule has 0 N–H and O–H groups in total. The standard InChI is InChI=1S/C25H16N2S.C19H17N/c1-26-17-10-4-2-8-15(17)23-20(26)14-22-25-24(23)16-9-3-5-11-18(16)27(25)19-12-6-7-13-21(19)28-22;1-16-10-4-2-5-11-17-12-8-9-15-19(17)20(16)18-13-6-3-7-14-18/h2-14H,1H3;2-10,12-15H,1,11H2/b;5-2-,10-4-. The average molecular weight is 636 g/mol. The van der Waals surface area contributed by atoms with Gasteiger partial charge in [-0.3, -0.25) is 0 Å². The Morgan fingerprint density at radius 2 is 1.27 bits per heavy atom. The summed E-state index contributed by atoms with van der Waals surface area (Å²) in [4.78, 5) is 4.86. The van der Waals surface area contributed by atoms with Crippen LogP contribution in [0.4, 0.5) is 11.4 Å². The van der Waals surface area contributed by atoms with Crippen molar-refractivity contribution >= 4 is 66.7 Å². The van der Waals surface area contributed by atoms with Crippen molar-refractivity contribution in [2.75, 3.05) is 4.90 Å². The molecule has 0 saturated carbocycles. The van der Waals surface area contributed by atoms with Crippen molar-refractivity contribution in [3.05, 3.63) is 176 Å². The van der Waals surface area contributed by atoms with Gasteiger partial charge in [-0.05, 0) is 66.6 Å². The summed E-state index contributed by atoms with van der Waals surface area (Å²) in [5.74, 6) is 0. The number of para-hydroxylation sites is 5. The predicted octanol–water partition coefficient (Wildman–Crippen LogP) is 11.9. The number of hydrogen-bond acceptors (Lipinski definition) is 2. The van der Waals surface area contributed by atoms with Crippen LogP contribution in [0.15, 0.2) is 180 Å². The maximum absolute atomic E-state index is 4.22. The molecule has 3 nitrogen and oxygen atoms in total. The van der Waals surface area contributed by atoms with Crippen molar-refractivity contribution in [3.8, 4) is 5.69 Å². The van der Waals surface area contributed by atoms with Crippen molar-refractivity contribution in [1.82, 2.24) is 9.13 Å². The molecule has 4 heteroatoms. The van der Waals surface area contributed by atoms with Crippen LogP contribution in [-0.4, -0.2) is 9.13 Å². The zero-order valence-corrected chi connectivity index (χ0v) is 27.5. The topological polar surface area (TPSA) is 13.1 Å². The molecule has 2 aliphatic heterocycles. The molecule has 0 atom stereocenters. The lowest BCUT2D eigenvalue weighted by Gasteiger charge is -2.27. The highest BCUT2D eigenvalue weighted by atomic mass is 32.2. The number of nitrogens with zero attached hydrogens (tertiary/aromatic N) is 3. The summed E-state index contributed by atoms with van der Waals surface area (Å²) < 4.78 is 4.81. The molecule has 0 bridgehead atoms. The predicted molar refractivity (Wildman–Crippen MR) is 205 cm³/mol. The van der Waals surface area contributed by atoms with Gasteiger partial charge in [0.25, 0.3) is 0 Å². The number of anilines is 2. The third kappa shape index (κ3) is 4.44. The highest BCUT2D eigenvalue weighted by Crippen LogP contribution is 2.50. The smallest absolute Gasteiger partial charge is 0.0688 e. The molecule has 0 fully saturated rings. The molecule has 230 valence electrons. The summed E-state index contributed by atoms with van der Waals surface area (Å²) in [7, 11) is 2.18. The quantitative estimate of drug-likeness (QED) is 0.178. The summed E-state index contributed by atoms with van der Waals surface area (Å²) in [5.41, 5.74) is 11.1. The number of allylic oxidation sites excluding steroid dienone is 4. The first-order chi connectivity index (χ1) is 23.7. The Labute approximate surface area is 284 Å². The second kappa shape index (κ2) is 11.5. The summed E-state index contributed by atoms with van der Waals surface area (Å²) >= 11 is 1.89. The number of hydrogen-bond donors (Lipinski definition) is 0. The van der Waals surface area contributed by atoms with Crippen molar-refractivity contribution in [3.63, 3.8) is 0 Å². The van der Waals surface area contributed by atoms with E-state index >= 15 is 0 Å². The van der Waals surface area contributed by atoms with E-state index in [-0.39, 0.29) is 0 Å². The molecule has 0 saturated heterocycles. The molecule has 0 aliphatic carbocycles. The average Bonchev–Trinajstić information content (AvgIpc) is 3.65. The van der Waals surface area contributed by atoms with Crippen LogP contribution in [-0.2, 0) is 13.5 Å². The second-order valence-electron chi connectivity index (χ2n) is 12.3. The molecule has 4 heterocycles. The van der Waals surface area contributed by atoms with Crippen LogP contribution in [0.1, 0.15) is 5.56 Å². The lowest BCUT2D eigenvalue weighted by Crippen LogP contribution is -2.15. The molecule has 8 aromatic rings. The van der Waals surface area contributed by atoms with Crippen molar-refractivity contribution in [2.45, 2.75) is 16.2 Å². The maximum Gasteiger partial charge on any atom is 0.0688 e.